The van der Waals surface area contributed by atoms with Gasteiger partial charge in [0.15, 0.2) is 0 Å². The van der Waals surface area contributed by atoms with Crippen molar-refractivity contribution in [1.82, 2.24) is 9.97 Å². The third-order valence-corrected chi connectivity index (χ3v) is 2.77. The van der Waals surface area contributed by atoms with Gasteiger partial charge in [-0.05, 0) is 24.6 Å². The molecular weight excluding hydrogens is 233 g/mol. The van der Waals surface area contributed by atoms with Gasteiger partial charge in [-0.3, -0.25) is 4.98 Å². The molecule has 1 aromatic carbocycles. The van der Waals surface area contributed by atoms with Gasteiger partial charge in [-0.1, -0.05) is 12.1 Å². The van der Waals surface area contributed by atoms with E-state index in [2.05, 4.69) is 9.97 Å². The monoisotopic (exact) mass is 247 g/mol. The van der Waals surface area contributed by atoms with E-state index in [9.17, 15) is 4.39 Å². The Kier molecular flexibility index (Phi) is 3.25. The highest BCUT2D eigenvalue weighted by molar-refractivity contribution is 5.37. The molecule has 0 spiro atoms. The summed E-state index contributed by atoms with van der Waals surface area (Å²) in [7, 11) is 1.50. The van der Waals surface area contributed by atoms with Crippen molar-refractivity contribution >= 4 is 0 Å². The quantitative estimate of drug-likeness (QED) is 0.899. The highest BCUT2D eigenvalue weighted by Crippen LogP contribution is 2.30. The van der Waals surface area contributed by atoms with Crippen LogP contribution in [0.4, 0.5) is 4.39 Å². The Hall–Kier alpha value is -2.01. The molecule has 0 amide bonds. The molecule has 0 radical (unpaired) electrons. The number of hydrogen-bond acceptors (Lipinski definition) is 4. The second-order valence-electron chi connectivity index (χ2n) is 4.13. The zero-order valence-electron chi connectivity index (χ0n) is 10.2. The molecule has 94 valence electrons. The Bertz CT molecular complexity index is 557. The molecule has 5 heteroatoms. The molecule has 0 aliphatic rings. The topological polar surface area (TPSA) is 61.0 Å². The summed E-state index contributed by atoms with van der Waals surface area (Å²) in [6, 6.07) is 6.11. The molecule has 0 bridgehead atoms. The summed E-state index contributed by atoms with van der Waals surface area (Å²) in [6.07, 6.45) is 3.05. The van der Waals surface area contributed by atoms with Gasteiger partial charge in [0, 0.05) is 12.4 Å². The summed E-state index contributed by atoms with van der Waals surface area (Å²) in [5, 5.41) is 0. The number of methoxy groups -OCH3 is 1. The molecule has 2 N–H and O–H groups in total. The van der Waals surface area contributed by atoms with Gasteiger partial charge >= 0.3 is 0 Å². The zero-order chi connectivity index (χ0) is 13.2. The maximum atomic E-state index is 13.3. The van der Waals surface area contributed by atoms with E-state index in [-0.39, 0.29) is 5.82 Å². The van der Waals surface area contributed by atoms with Crippen LogP contribution < -0.4 is 10.5 Å². The van der Waals surface area contributed by atoms with Gasteiger partial charge in [0.2, 0.25) is 5.88 Å². The maximum Gasteiger partial charge on any atom is 0.237 e. The normalized spacial score (nSPS) is 14.0. The minimum atomic E-state index is -0.971. The molecule has 1 aromatic heterocycles. The first-order chi connectivity index (χ1) is 8.55. The Balaban J connectivity index is 2.54. The smallest absolute Gasteiger partial charge is 0.237 e. The third-order valence-electron chi connectivity index (χ3n) is 2.77. The van der Waals surface area contributed by atoms with E-state index >= 15 is 0 Å². The van der Waals surface area contributed by atoms with Crippen LogP contribution in [-0.4, -0.2) is 17.1 Å². The molecule has 1 unspecified atom stereocenters. The molecule has 4 nitrogen and oxygen atoms in total. The first kappa shape index (κ1) is 12.4. The van der Waals surface area contributed by atoms with Crippen LogP contribution in [-0.2, 0) is 5.54 Å². The number of nitrogens with zero attached hydrogens (tertiary/aromatic N) is 2. The predicted octanol–water partition coefficient (Wildman–Crippen LogP) is 1.85. The summed E-state index contributed by atoms with van der Waals surface area (Å²) in [5.41, 5.74) is 6.37. The minimum Gasteiger partial charge on any atom is -0.480 e. The third kappa shape index (κ3) is 2.17. The lowest BCUT2D eigenvalue weighted by Gasteiger charge is -2.25. The summed E-state index contributed by atoms with van der Waals surface area (Å²) in [5.74, 6) is -0.00112. The summed E-state index contributed by atoms with van der Waals surface area (Å²) < 4.78 is 18.4. The van der Waals surface area contributed by atoms with E-state index in [0.717, 1.165) is 0 Å². The van der Waals surface area contributed by atoms with Crippen LogP contribution in [0.25, 0.3) is 0 Å². The number of aromatic nitrogens is 2. The van der Waals surface area contributed by atoms with Crippen molar-refractivity contribution in [3.05, 3.63) is 53.7 Å². The van der Waals surface area contributed by atoms with Crippen LogP contribution in [0.5, 0.6) is 5.88 Å². The second kappa shape index (κ2) is 4.70. The fraction of sp³-hybridized carbons (Fsp3) is 0.231. The molecule has 18 heavy (non-hydrogen) atoms. The van der Waals surface area contributed by atoms with Crippen LogP contribution in [0.1, 0.15) is 18.2 Å². The van der Waals surface area contributed by atoms with Crippen molar-refractivity contribution in [3.8, 4) is 5.88 Å². The lowest BCUT2D eigenvalue weighted by molar-refractivity contribution is 0.376. The molecule has 2 aromatic rings. The molecule has 0 aliphatic heterocycles. The van der Waals surface area contributed by atoms with Crippen molar-refractivity contribution in [2.24, 2.45) is 5.73 Å². The second-order valence-corrected chi connectivity index (χ2v) is 4.13. The van der Waals surface area contributed by atoms with Gasteiger partial charge in [0.25, 0.3) is 0 Å². The number of halogens is 1. The Labute approximate surface area is 105 Å². The molecule has 0 fully saturated rings. The van der Waals surface area contributed by atoms with Crippen molar-refractivity contribution < 1.29 is 9.13 Å². The first-order valence-corrected chi connectivity index (χ1v) is 5.46. The standard InChI is InChI=1S/C13H14FN3O/c1-13(15,9-4-3-5-10(14)8-9)11-12(18-2)17-7-6-16-11/h3-8H,15H2,1-2H3. The van der Waals surface area contributed by atoms with Crippen LogP contribution in [0.2, 0.25) is 0 Å². The highest BCUT2D eigenvalue weighted by Gasteiger charge is 2.29. The lowest BCUT2D eigenvalue weighted by atomic mass is 9.89. The van der Waals surface area contributed by atoms with Gasteiger partial charge in [-0.15, -0.1) is 0 Å². The largest absolute Gasteiger partial charge is 0.480 e. The van der Waals surface area contributed by atoms with Gasteiger partial charge in [0.1, 0.15) is 11.5 Å². The van der Waals surface area contributed by atoms with E-state index < -0.39 is 5.54 Å². The van der Waals surface area contributed by atoms with Crippen molar-refractivity contribution in [2.45, 2.75) is 12.5 Å². The van der Waals surface area contributed by atoms with E-state index in [1.54, 1.807) is 19.1 Å². The Morgan fingerprint density at radius 3 is 2.67 bits per heavy atom. The van der Waals surface area contributed by atoms with Crippen LogP contribution in [0.15, 0.2) is 36.7 Å². The SMILES string of the molecule is COc1nccnc1C(C)(N)c1cccc(F)c1. The molecule has 2 rings (SSSR count). The first-order valence-electron chi connectivity index (χ1n) is 5.46. The molecule has 0 aliphatic carbocycles. The zero-order valence-corrected chi connectivity index (χ0v) is 10.2. The average Bonchev–Trinajstić information content (AvgIpc) is 2.38. The van der Waals surface area contributed by atoms with E-state index in [4.69, 9.17) is 10.5 Å². The van der Waals surface area contributed by atoms with Crippen molar-refractivity contribution in [2.75, 3.05) is 7.11 Å². The summed E-state index contributed by atoms with van der Waals surface area (Å²) in [6.45, 7) is 1.74. The molecule has 1 atom stereocenters. The molecule has 1 heterocycles. The summed E-state index contributed by atoms with van der Waals surface area (Å²) >= 11 is 0. The van der Waals surface area contributed by atoms with Gasteiger partial charge in [0.05, 0.1) is 12.6 Å². The van der Waals surface area contributed by atoms with Gasteiger partial charge in [-0.25, -0.2) is 9.37 Å². The van der Waals surface area contributed by atoms with Gasteiger partial charge < -0.3 is 10.5 Å². The van der Waals surface area contributed by atoms with E-state index in [0.29, 0.717) is 17.1 Å². The van der Waals surface area contributed by atoms with E-state index in [1.807, 2.05) is 0 Å². The highest BCUT2D eigenvalue weighted by atomic mass is 19.1. The summed E-state index contributed by atoms with van der Waals surface area (Å²) in [4.78, 5) is 8.25. The van der Waals surface area contributed by atoms with Crippen molar-refractivity contribution in [3.63, 3.8) is 0 Å². The molecule has 0 saturated carbocycles. The number of nitrogens with two attached hydrogens (primary N) is 1. The number of hydrogen-bond donors (Lipinski definition) is 1. The number of rotatable bonds is 3. The predicted molar refractivity (Wildman–Crippen MR) is 65.6 cm³/mol. The van der Waals surface area contributed by atoms with E-state index in [1.165, 1.54) is 31.6 Å². The maximum absolute atomic E-state index is 13.3. The lowest BCUT2D eigenvalue weighted by Crippen LogP contribution is -2.36. The fourth-order valence-corrected chi connectivity index (χ4v) is 1.78. The number of benzene rings is 1. The van der Waals surface area contributed by atoms with Gasteiger partial charge in [-0.2, -0.15) is 0 Å². The van der Waals surface area contributed by atoms with Crippen LogP contribution in [0.3, 0.4) is 0 Å². The molecular formula is C13H14FN3O. The number of ether oxygens (including phenoxy) is 1. The molecule has 0 saturated heterocycles. The average molecular weight is 247 g/mol. The Morgan fingerprint density at radius 2 is 2.00 bits per heavy atom. The minimum absolute atomic E-state index is 0.340. The van der Waals surface area contributed by atoms with Crippen LogP contribution in [0, 0.1) is 5.82 Å². The van der Waals surface area contributed by atoms with Crippen molar-refractivity contribution in [1.29, 1.82) is 0 Å². The van der Waals surface area contributed by atoms with Crippen LogP contribution >= 0.6 is 0 Å². The fourth-order valence-electron chi connectivity index (χ4n) is 1.78. The Morgan fingerprint density at radius 1 is 1.28 bits per heavy atom.